The zero-order valence-corrected chi connectivity index (χ0v) is 16.4. The fraction of sp³-hybridized carbons (Fsp3) is 0.682. The topological polar surface area (TPSA) is 43.8 Å². The van der Waals surface area contributed by atoms with Gasteiger partial charge >= 0.3 is 0 Å². The molecule has 26 heavy (non-hydrogen) atoms. The lowest BCUT2D eigenvalue weighted by Gasteiger charge is -2.57. The van der Waals surface area contributed by atoms with Crippen LogP contribution >= 0.6 is 0 Å². The van der Waals surface area contributed by atoms with Gasteiger partial charge in [-0.05, 0) is 62.5 Å². The molecule has 1 saturated carbocycles. The molecule has 1 aromatic carbocycles. The van der Waals surface area contributed by atoms with E-state index in [1.165, 1.54) is 30.4 Å². The molecule has 0 aromatic heterocycles. The highest BCUT2D eigenvalue weighted by Gasteiger charge is 2.53. The summed E-state index contributed by atoms with van der Waals surface area (Å²) in [6, 6.07) is 6.35. The molecule has 2 fully saturated rings. The molecule has 4 rings (SSSR count). The second-order valence-electron chi connectivity index (χ2n) is 8.99. The van der Waals surface area contributed by atoms with E-state index in [0.717, 1.165) is 32.2 Å². The highest BCUT2D eigenvalue weighted by atomic mass is 16.3. The van der Waals surface area contributed by atoms with Crippen molar-refractivity contribution < 1.29 is 9.90 Å². The first-order valence-corrected chi connectivity index (χ1v) is 10.2. The van der Waals surface area contributed by atoms with Crippen LogP contribution in [0.2, 0.25) is 0 Å². The number of rotatable bonds is 2. The summed E-state index contributed by atoms with van der Waals surface area (Å²) in [5.41, 5.74) is 2.48. The number of phenolic OH excluding ortho intramolecular Hbond substituents is 1. The van der Waals surface area contributed by atoms with Crippen molar-refractivity contribution >= 4 is 5.91 Å². The van der Waals surface area contributed by atoms with Crippen molar-refractivity contribution in [3.05, 3.63) is 29.3 Å². The molecule has 1 saturated heterocycles. The van der Waals surface area contributed by atoms with Crippen LogP contribution in [0.5, 0.6) is 5.75 Å². The number of aromatic hydroxyl groups is 1. The van der Waals surface area contributed by atoms with Gasteiger partial charge in [-0.1, -0.05) is 32.3 Å². The smallest absolute Gasteiger partial charge is 0.225 e. The van der Waals surface area contributed by atoms with E-state index >= 15 is 0 Å². The monoisotopic (exact) mass is 356 g/mol. The minimum atomic E-state index is -0.0947. The van der Waals surface area contributed by atoms with Crippen LogP contribution in [0.25, 0.3) is 0 Å². The average molecular weight is 357 g/mol. The van der Waals surface area contributed by atoms with Gasteiger partial charge in [-0.3, -0.25) is 4.79 Å². The third-order valence-electron chi connectivity index (χ3n) is 7.42. The quantitative estimate of drug-likeness (QED) is 0.884. The Hall–Kier alpha value is -1.55. The van der Waals surface area contributed by atoms with Gasteiger partial charge in [0.1, 0.15) is 5.75 Å². The maximum atomic E-state index is 13.3. The summed E-state index contributed by atoms with van der Waals surface area (Å²) in [5, 5.41) is 10.1. The van der Waals surface area contributed by atoms with E-state index in [9.17, 15) is 9.90 Å². The molecule has 1 aromatic rings. The summed E-state index contributed by atoms with van der Waals surface area (Å²) in [6.07, 6.45) is 7.71. The highest BCUT2D eigenvalue weighted by Crippen LogP contribution is 2.47. The maximum absolute atomic E-state index is 13.3. The molecule has 4 nitrogen and oxygen atoms in total. The van der Waals surface area contributed by atoms with Crippen molar-refractivity contribution in [2.45, 2.75) is 69.4 Å². The number of amides is 1. The molecular weight excluding hydrogens is 324 g/mol. The lowest BCUT2D eigenvalue weighted by molar-refractivity contribution is -0.142. The van der Waals surface area contributed by atoms with Crippen LogP contribution in [0.1, 0.15) is 56.6 Å². The predicted molar refractivity (Wildman–Crippen MR) is 103 cm³/mol. The van der Waals surface area contributed by atoms with Gasteiger partial charge in [0.05, 0.1) is 6.04 Å². The van der Waals surface area contributed by atoms with Crippen molar-refractivity contribution in [3.63, 3.8) is 0 Å². The molecule has 142 valence electrons. The molecule has 4 heteroatoms. The summed E-state index contributed by atoms with van der Waals surface area (Å²) in [6.45, 7) is 3.35. The molecular formula is C22H32N2O2. The summed E-state index contributed by atoms with van der Waals surface area (Å²) < 4.78 is 0. The van der Waals surface area contributed by atoms with E-state index in [1.807, 2.05) is 13.1 Å². The number of fused-ring (bicyclic) bond motifs is 4. The third-order valence-corrected chi connectivity index (χ3v) is 7.42. The molecule has 3 aliphatic rings. The van der Waals surface area contributed by atoms with Crippen LogP contribution in [0.4, 0.5) is 0 Å². The van der Waals surface area contributed by atoms with E-state index in [2.05, 4.69) is 29.8 Å². The van der Waals surface area contributed by atoms with Gasteiger partial charge in [-0.2, -0.15) is 0 Å². The number of phenols is 1. The number of carbonyl (C=O) groups excluding carboxylic acids is 1. The zero-order chi connectivity index (χ0) is 18.5. The number of benzene rings is 1. The fourth-order valence-electron chi connectivity index (χ4n) is 5.91. The molecule has 0 radical (unpaired) electrons. The van der Waals surface area contributed by atoms with Crippen LogP contribution in [0, 0.1) is 5.92 Å². The van der Waals surface area contributed by atoms with Crippen LogP contribution < -0.4 is 0 Å². The molecule has 1 heterocycles. The van der Waals surface area contributed by atoms with E-state index in [0.29, 0.717) is 17.7 Å². The summed E-state index contributed by atoms with van der Waals surface area (Å²) in [4.78, 5) is 17.8. The maximum Gasteiger partial charge on any atom is 0.225 e. The number of likely N-dealkylation sites (tertiary alicyclic amines) is 1. The van der Waals surface area contributed by atoms with E-state index in [1.54, 1.807) is 6.07 Å². The predicted octanol–water partition coefficient (Wildman–Crippen LogP) is 3.32. The second-order valence-corrected chi connectivity index (χ2v) is 8.99. The zero-order valence-electron chi connectivity index (χ0n) is 16.4. The first-order chi connectivity index (χ1) is 12.4. The van der Waals surface area contributed by atoms with Gasteiger partial charge in [0.15, 0.2) is 0 Å². The fourth-order valence-corrected chi connectivity index (χ4v) is 5.91. The Balaban J connectivity index is 1.71. The van der Waals surface area contributed by atoms with Crippen LogP contribution in [-0.2, 0) is 16.6 Å². The van der Waals surface area contributed by atoms with Gasteiger partial charge < -0.3 is 14.9 Å². The summed E-state index contributed by atoms with van der Waals surface area (Å²) in [7, 11) is 4.22. The Morgan fingerprint density at radius 3 is 2.73 bits per heavy atom. The SMILES string of the molecule is CN1CC[C@@]2(C)c3cc(O)ccc3C[C@@H]1[C@H]2N(C)C(=O)C1CCCCC1. The molecule has 1 amide bonds. The number of carbonyl (C=O) groups is 1. The van der Waals surface area contributed by atoms with Gasteiger partial charge in [0.25, 0.3) is 0 Å². The molecule has 1 N–H and O–H groups in total. The number of hydrogen-bond acceptors (Lipinski definition) is 3. The van der Waals surface area contributed by atoms with Crippen molar-refractivity contribution in [1.82, 2.24) is 9.80 Å². The average Bonchev–Trinajstić information content (AvgIpc) is 2.65. The number of nitrogens with zero attached hydrogens (tertiary/aromatic N) is 2. The first-order valence-electron chi connectivity index (χ1n) is 10.2. The first kappa shape index (κ1) is 17.8. The normalized spacial score (nSPS) is 32.1. The molecule has 1 aliphatic heterocycles. The van der Waals surface area contributed by atoms with E-state index in [-0.39, 0.29) is 17.4 Å². The van der Waals surface area contributed by atoms with Gasteiger partial charge in [-0.15, -0.1) is 0 Å². The van der Waals surface area contributed by atoms with E-state index < -0.39 is 0 Å². The van der Waals surface area contributed by atoms with Crippen LogP contribution in [-0.4, -0.2) is 53.5 Å². The molecule has 2 aliphatic carbocycles. The summed E-state index contributed by atoms with van der Waals surface area (Å²) >= 11 is 0. The number of hydrogen-bond donors (Lipinski definition) is 1. The minimum absolute atomic E-state index is 0.0947. The Kier molecular flexibility index (Phi) is 4.50. The Morgan fingerprint density at radius 1 is 1.27 bits per heavy atom. The number of piperidine rings is 1. The minimum Gasteiger partial charge on any atom is -0.508 e. The van der Waals surface area contributed by atoms with Crippen molar-refractivity contribution in [2.75, 3.05) is 20.6 Å². The highest BCUT2D eigenvalue weighted by molar-refractivity contribution is 5.79. The van der Waals surface area contributed by atoms with Crippen LogP contribution in [0.15, 0.2) is 18.2 Å². The second kappa shape index (κ2) is 6.56. The van der Waals surface area contributed by atoms with Gasteiger partial charge in [0.2, 0.25) is 5.91 Å². The van der Waals surface area contributed by atoms with Crippen molar-refractivity contribution in [2.24, 2.45) is 5.92 Å². The Bertz CT molecular complexity index is 697. The van der Waals surface area contributed by atoms with Gasteiger partial charge in [0, 0.05) is 24.4 Å². The number of likely N-dealkylation sites (N-methyl/N-ethyl adjacent to an activating group) is 2. The Morgan fingerprint density at radius 2 is 2.00 bits per heavy atom. The molecule has 0 spiro atoms. The molecule has 2 bridgehead atoms. The largest absolute Gasteiger partial charge is 0.508 e. The lowest BCUT2D eigenvalue weighted by Crippen LogP contribution is -2.67. The summed E-state index contributed by atoms with van der Waals surface area (Å²) in [5.74, 6) is 0.876. The van der Waals surface area contributed by atoms with Crippen LogP contribution in [0.3, 0.4) is 0 Å². The Labute approximate surface area is 157 Å². The standard InChI is InChI=1S/C22H32N2O2/c1-22-11-12-23(2)19(13-16-9-10-17(25)14-18(16)22)20(22)24(3)21(26)15-7-5-4-6-8-15/h9-10,14-15,19-20,25H,4-8,11-13H2,1-3H3/t19-,20-,22+/m1/s1. The third kappa shape index (κ3) is 2.74. The molecule has 0 unspecified atom stereocenters. The van der Waals surface area contributed by atoms with Gasteiger partial charge in [-0.25, -0.2) is 0 Å². The lowest BCUT2D eigenvalue weighted by atomic mass is 9.61. The molecule has 3 atom stereocenters. The van der Waals surface area contributed by atoms with Crippen molar-refractivity contribution in [3.8, 4) is 5.75 Å². The van der Waals surface area contributed by atoms with E-state index in [4.69, 9.17) is 0 Å². The van der Waals surface area contributed by atoms with Crippen molar-refractivity contribution in [1.29, 1.82) is 0 Å².